The third kappa shape index (κ3) is 6.91. The van der Waals surface area contributed by atoms with E-state index in [-0.39, 0.29) is 35.3 Å². The highest BCUT2D eigenvalue weighted by Crippen LogP contribution is 2.37. The topological polar surface area (TPSA) is 55.4 Å². The third-order valence-corrected chi connectivity index (χ3v) is 5.96. The fourth-order valence-electron chi connectivity index (χ4n) is 1.92. The summed E-state index contributed by atoms with van der Waals surface area (Å²) in [5.74, 6) is -1.05. The van der Waals surface area contributed by atoms with Crippen molar-refractivity contribution in [1.82, 2.24) is 0 Å². The maximum absolute atomic E-state index is 14.2. The van der Waals surface area contributed by atoms with Gasteiger partial charge in [0.15, 0.2) is 0 Å². The lowest BCUT2D eigenvalue weighted by Crippen LogP contribution is -2.27. The summed E-state index contributed by atoms with van der Waals surface area (Å²) in [6, 6.07) is 2.85. The Kier molecular flexibility index (Phi) is 9.10. The fourth-order valence-corrected chi connectivity index (χ4v) is 3.58. The molecule has 1 rings (SSSR count). The zero-order valence-corrected chi connectivity index (χ0v) is 18.5. The molecule has 0 aromatic heterocycles. The highest BCUT2D eigenvalue weighted by Gasteiger charge is 2.27. The van der Waals surface area contributed by atoms with Crippen LogP contribution in [0.3, 0.4) is 0 Å². The highest BCUT2D eigenvalue weighted by atomic mass is 79.9. The van der Waals surface area contributed by atoms with Gasteiger partial charge >= 0.3 is 5.97 Å². The van der Waals surface area contributed by atoms with E-state index in [9.17, 15) is 14.0 Å². The van der Waals surface area contributed by atoms with E-state index in [4.69, 9.17) is 4.74 Å². The number of amides is 1. The Hall–Kier alpha value is -1.08. The molecule has 0 heterocycles. The molecule has 1 atom stereocenters. The number of anilines is 1. The van der Waals surface area contributed by atoms with Gasteiger partial charge < -0.3 is 10.1 Å². The molecule has 7 heteroatoms. The van der Waals surface area contributed by atoms with Crippen LogP contribution in [0.4, 0.5) is 10.1 Å². The van der Waals surface area contributed by atoms with Crippen LogP contribution in [0.2, 0.25) is 0 Å². The lowest BCUT2D eigenvalue weighted by molar-refractivity contribution is -0.144. The van der Waals surface area contributed by atoms with E-state index in [0.717, 1.165) is 0 Å². The number of hydrogen-bond donors (Lipinski definition) is 1. The van der Waals surface area contributed by atoms with Crippen LogP contribution in [0.1, 0.15) is 41.5 Å². The van der Waals surface area contributed by atoms with Gasteiger partial charge in [-0.25, -0.2) is 4.39 Å². The minimum absolute atomic E-state index is 0.0327. The first-order valence-corrected chi connectivity index (χ1v) is 10.3. The van der Waals surface area contributed by atoms with Crippen molar-refractivity contribution >= 4 is 45.3 Å². The molecule has 0 radical (unpaired) electrons. The Morgan fingerprint density at radius 3 is 2.31 bits per heavy atom. The maximum atomic E-state index is 14.2. The number of ether oxygens (including phenoxy) is 1. The molecule has 4 nitrogen and oxygen atoms in total. The molecular weight excluding hydrogens is 421 g/mol. The molecule has 0 spiro atoms. The van der Waals surface area contributed by atoms with Gasteiger partial charge in [-0.2, -0.15) is 0 Å². The second-order valence-electron chi connectivity index (χ2n) is 7.21. The van der Waals surface area contributed by atoms with Crippen molar-refractivity contribution in [3.8, 4) is 0 Å². The summed E-state index contributed by atoms with van der Waals surface area (Å²) in [5.41, 5.74) is 0.104. The van der Waals surface area contributed by atoms with Crippen LogP contribution in [0.25, 0.3) is 0 Å². The molecule has 146 valence electrons. The van der Waals surface area contributed by atoms with Crippen molar-refractivity contribution in [1.29, 1.82) is 0 Å². The van der Waals surface area contributed by atoms with E-state index in [1.54, 1.807) is 19.9 Å². The predicted octanol–water partition coefficient (Wildman–Crippen LogP) is 5.50. The Bertz CT molecular complexity index is 650. The van der Waals surface area contributed by atoms with Gasteiger partial charge in [0.25, 0.3) is 0 Å². The van der Waals surface area contributed by atoms with E-state index < -0.39 is 11.1 Å². The molecule has 1 N–H and O–H groups in total. The number of esters is 1. The molecule has 26 heavy (non-hydrogen) atoms. The first-order valence-electron chi connectivity index (χ1n) is 8.66. The van der Waals surface area contributed by atoms with Crippen molar-refractivity contribution < 1.29 is 18.7 Å². The Morgan fingerprint density at radius 1 is 1.19 bits per heavy atom. The van der Waals surface area contributed by atoms with Gasteiger partial charge in [-0.3, -0.25) is 9.59 Å². The van der Waals surface area contributed by atoms with Crippen molar-refractivity contribution in [3.63, 3.8) is 0 Å². The number of halogens is 2. The second kappa shape index (κ2) is 10.3. The maximum Gasteiger partial charge on any atom is 0.319 e. The number of nitrogens with one attached hydrogen (secondary N) is 1. The quantitative estimate of drug-likeness (QED) is 0.422. The van der Waals surface area contributed by atoms with Crippen molar-refractivity contribution in [3.05, 3.63) is 22.4 Å². The van der Waals surface area contributed by atoms with Crippen LogP contribution < -0.4 is 5.32 Å². The van der Waals surface area contributed by atoms with Gasteiger partial charge in [0.05, 0.1) is 12.3 Å². The molecule has 0 aliphatic heterocycles. The number of carbonyl (C=O) groups excluding carboxylic acids is 2. The average Bonchev–Trinajstić information content (AvgIpc) is 2.53. The SMILES string of the molecule is CC(C)COC(=O)C(Sc1cc(NC(=O)C(C)C)c(F)cc1Br)C(C)C. The number of benzene rings is 1. The van der Waals surface area contributed by atoms with Gasteiger partial charge in [0, 0.05) is 15.3 Å². The molecule has 0 aliphatic carbocycles. The number of thioether (sulfide) groups is 1. The normalized spacial score (nSPS) is 12.6. The minimum Gasteiger partial charge on any atom is -0.465 e. The van der Waals surface area contributed by atoms with Crippen LogP contribution >= 0.6 is 27.7 Å². The molecule has 0 saturated carbocycles. The molecule has 1 unspecified atom stereocenters. The van der Waals surface area contributed by atoms with Crippen molar-refractivity contribution in [2.24, 2.45) is 17.8 Å². The van der Waals surface area contributed by atoms with Gasteiger partial charge in [0.2, 0.25) is 5.91 Å². The number of hydrogen-bond acceptors (Lipinski definition) is 4. The van der Waals surface area contributed by atoms with Crippen LogP contribution in [0.15, 0.2) is 21.5 Å². The third-order valence-electron chi connectivity index (χ3n) is 3.45. The molecule has 0 fully saturated rings. The van der Waals surface area contributed by atoms with Gasteiger partial charge in [-0.15, -0.1) is 11.8 Å². The van der Waals surface area contributed by atoms with Gasteiger partial charge in [0.1, 0.15) is 11.1 Å². The summed E-state index contributed by atoms with van der Waals surface area (Å²) in [5, 5.41) is 2.16. The van der Waals surface area contributed by atoms with Crippen molar-refractivity contribution in [2.45, 2.75) is 51.7 Å². The summed E-state index contributed by atoms with van der Waals surface area (Å²) >= 11 is 4.64. The largest absolute Gasteiger partial charge is 0.465 e. The predicted molar refractivity (Wildman–Crippen MR) is 108 cm³/mol. The summed E-state index contributed by atoms with van der Waals surface area (Å²) in [7, 11) is 0. The number of carbonyl (C=O) groups is 2. The summed E-state index contributed by atoms with van der Waals surface area (Å²) in [6.07, 6.45) is 0. The Morgan fingerprint density at radius 2 is 1.81 bits per heavy atom. The minimum atomic E-state index is -0.529. The van der Waals surface area contributed by atoms with Crippen LogP contribution in [0, 0.1) is 23.6 Å². The molecule has 1 amide bonds. The zero-order valence-electron chi connectivity index (χ0n) is 16.1. The van der Waals surface area contributed by atoms with E-state index in [1.165, 1.54) is 17.8 Å². The second-order valence-corrected chi connectivity index (χ2v) is 9.25. The molecule has 1 aromatic carbocycles. The molecular formula is C19H27BrFNO3S. The zero-order chi connectivity index (χ0) is 20.0. The number of rotatable bonds is 8. The van der Waals surface area contributed by atoms with Crippen molar-refractivity contribution in [2.75, 3.05) is 11.9 Å². The smallest absolute Gasteiger partial charge is 0.319 e. The van der Waals surface area contributed by atoms with Crippen LogP contribution in [0.5, 0.6) is 0 Å². The van der Waals surface area contributed by atoms with Gasteiger partial charge in [-0.05, 0) is 39.9 Å². The summed E-state index contributed by atoms with van der Waals surface area (Å²) in [4.78, 5) is 25.0. The first-order chi connectivity index (χ1) is 12.0. The monoisotopic (exact) mass is 447 g/mol. The van der Waals surface area contributed by atoms with Crippen LogP contribution in [-0.2, 0) is 14.3 Å². The molecule has 0 saturated heterocycles. The summed E-state index contributed by atoms with van der Waals surface area (Å²) < 4.78 is 20.1. The Labute approximate surface area is 167 Å². The highest BCUT2D eigenvalue weighted by molar-refractivity contribution is 9.10. The lowest BCUT2D eigenvalue weighted by Gasteiger charge is -2.21. The standard InChI is InChI=1S/C19H27BrFNO3S/c1-10(2)9-25-19(24)17(11(3)4)26-16-8-15(14(21)7-13(16)20)22-18(23)12(5)6/h7-8,10-12,17H,9H2,1-6H3,(H,22,23). The fraction of sp³-hybridized carbons (Fsp3) is 0.579. The average molecular weight is 448 g/mol. The molecule has 1 aromatic rings. The van der Waals surface area contributed by atoms with Gasteiger partial charge in [-0.1, -0.05) is 41.5 Å². The Balaban J connectivity index is 3.04. The molecule has 0 bridgehead atoms. The van der Waals surface area contributed by atoms with Crippen LogP contribution in [-0.4, -0.2) is 23.7 Å². The van der Waals surface area contributed by atoms with E-state index in [1.807, 2.05) is 27.7 Å². The van der Waals surface area contributed by atoms with E-state index in [2.05, 4.69) is 21.2 Å². The van der Waals surface area contributed by atoms with E-state index in [0.29, 0.717) is 16.0 Å². The lowest BCUT2D eigenvalue weighted by atomic mass is 10.1. The molecule has 0 aliphatic rings. The first kappa shape index (κ1) is 23.0. The summed E-state index contributed by atoms with van der Waals surface area (Å²) in [6.45, 7) is 11.7. The van der Waals surface area contributed by atoms with E-state index >= 15 is 0 Å².